The number of quaternary nitrogens is 1. The summed E-state index contributed by atoms with van der Waals surface area (Å²) in [4.78, 5) is 4.06. The first kappa shape index (κ1) is 15.1. The molecular weight excluding hydrogens is 304 g/mol. The highest BCUT2D eigenvalue weighted by Crippen LogP contribution is 2.32. The van der Waals surface area contributed by atoms with Crippen LogP contribution in [0.3, 0.4) is 0 Å². The number of nitrogens with one attached hydrogen (secondary N) is 1. The normalized spacial score (nSPS) is 17.1. The zero-order valence-corrected chi connectivity index (χ0v) is 14.0. The number of piperazine rings is 1. The molecule has 1 saturated heterocycles. The molecule has 0 amide bonds. The molecule has 0 bridgehead atoms. The molecule has 0 spiro atoms. The first-order valence-electron chi connectivity index (χ1n) is 8.43. The first-order valence-corrected chi connectivity index (χ1v) is 8.43. The predicted octanol–water partition coefficient (Wildman–Crippen LogP) is 1.33. The fourth-order valence-electron chi connectivity index (χ4n) is 3.39. The summed E-state index contributed by atoms with van der Waals surface area (Å²) in [6.07, 6.45) is 0. The second-order valence-electron chi connectivity index (χ2n) is 6.30. The third kappa shape index (κ3) is 3.12. The van der Waals surface area contributed by atoms with Crippen molar-refractivity contribution in [2.24, 2.45) is 0 Å². The van der Waals surface area contributed by atoms with E-state index in [4.69, 9.17) is 14.2 Å². The van der Waals surface area contributed by atoms with E-state index in [2.05, 4.69) is 29.2 Å². The number of hydrogen-bond donors (Lipinski definition) is 1. The van der Waals surface area contributed by atoms with Crippen molar-refractivity contribution in [2.75, 3.05) is 45.0 Å². The number of anilines is 1. The van der Waals surface area contributed by atoms with Crippen LogP contribution < -0.4 is 24.0 Å². The molecule has 5 heteroatoms. The highest BCUT2D eigenvalue weighted by Gasteiger charge is 2.21. The standard InChI is InChI=1S/C19H22N2O3/c1-22-17-5-3-16(4-6-17)21-10-8-20(9-11-21)13-15-2-7-18-19(12-15)24-14-23-18/h2-7,12H,8-11,13-14H2,1H3/p+1. The number of nitrogens with zero attached hydrogens (tertiary/aromatic N) is 1. The lowest BCUT2D eigenvalue weighted by atomic mass is 10.1. The Kier molecular flexibility index (Phi) is 4.17. The number of methoxy groups -OCH3 is 1. The zero-order chi connectivity index (χ0) is 16.4. The van der Waals surface area contributed by atoms with Gasteiger partial charge in [-0.15, -0.1) is 0 Å². The number of rotatable bonds is 4. The number of hydrogen-bond acceptors (Lipinski definition) is 4. The third-order valence-electron chi connectivity index (χ3n) is 4.80. The summed E-state index contributed by atoms with van der Waals surface area (Å²) in [7, 11) is 1.70. The Morgan fingerprint density at radius 1 is 1.00 bits per heavy atom. The van der Waals surface area contributed by atoms with Gasteiger partial charge in [0.25, 0.3) is 0 Å². The number of benzene rings is 2. The SMILES string of the molecule is COc1ccc(N2CC[NH+](Cc3ccc4c(c3)OCO4)CC2)cc1. The lowest BCUT2D eigenvalue weighted by Crippen LogP contribution is -3.13. The average molecular weight is 327 g/mol. The molecule has 2 aliphatic heterocycles. The van der Waals surface area contributed by atoms with Gasteiger partial charge < -0.3 is 24.0 Å². The van der Waals surface area contributed by atoms with Crippen molar-refractivity contribution in [3.05, 3.63) is 48.0 Å². The van der Waals surface area contributed by atoms with Crippen molar-refractivity contribution >= 4 is 5.69 Å². The molecule has 1 N–H and O–H groups in total. The molecule has 24 heavy (non-hydrogen) atoms. The Hall–Kier alpha value is -2.40. The maximum absolute atomic E-state index is 5.47. The van der Waals surface area contributed by atoms with Crippen LogP contribution in [0, 0.1) is 0 Å². The minimum Gasteiger partial charge on any atom is -0.497 e. The molecule has 4 rings (SSSR count). The third-order valence-corrected chi connectivity index (χ3v) is 4.80. The average Bonchev–Trinajstić information content (AvgIpc) is 3.10. The molecule has 2 aliphatic rings. The highest BCUT2D eigenvalue weighted by atomic mass is 16.7. The summed E-state index contributed by atoms with van der Waals surface area (Å²) < 4.78 is 16.1. The lowest BCUT2D eigenvalue weighted by Gasteiger charge is -2.33. The van der Waals surface area contributed by atoms with Crippen molar-refractivity contribution in [1.29, 1.82) is 0 Å². The van der Waals surface area contributed by atoms with Crippen LogP contribution in [0.5, 0.6) is 17.2 Å². The second kappa shape index (κ2) is 6.61. The van der Waals surface area contributed by atoms with Gasteiger partial charge in [0.1, 0.15) is 12.3 Å². The van der Waals surface area contributed by atoms with Gasteiger partial charge in [-0.05, 0) is 42.5 Å². The van der Waals surface area contributed by atoms with E-state index < -0.39 is 0 Å². The quantitative estimate of drug-likeness (QED) is 0.919. The van der Waals surface area contributed by atoms with Crippen molar-refractivity contribution in [3.63, 3.8) is 0 Å². The lowest BCUT2D eigenvalue weighted by molar-refractivity contribution is -0.914. The van der Waals surface area contributed by atoms with Gasteiger partial charge in [0.2, 0.25) is 6.79 Å². The molecule has 2 aromatic carbocycles. The van der Waals surface area contributed by atoms with Crippen LogP contribution in [0.25, 0.3) is 0 Å². The summed E-state index contributed by atoms with van der Waals surface area (Å²) in [5, 5.41) is 0. The highest BCUT2D eigenvalue weighted by molar-refractivity contribution is 5.49. The molecule has 2 heterocycles. The van der Waals surface area contributed by atoms with Crippen molar-refractivity contribution < 1.29 is 19.1 Å². The zero-order valence-electron chi connectivity index (χ0n) is 14.0. The van der Waals surface area contributed by atoms with E-state index >= 15 is 0 Å². The first-order chi connectivity index (χ1) is 11.8. The van der Waals surface area contributed by atoms with Gasteiger partial charge in [-0.3, -0.25) is 0 Å². The van der Waals surface area contributed by atoms with Crippen molar-refractivity contribution in [2.45, 2.75) is 6.54 Å². The summed E-state index contributed by atoms with van der Waals surface area (Å²) in [5.41, 5.74) is 2.59. The molecule has 1 fully saturated rings. The molecule has 5 nitrogen and oxygen atoms in total. The van der Waals surface area contributed by atoms with Crippen LogP contribution >= 0.6 is 0 Å². The maximum Gasteiger partial charge on any atom is 0.231 e. The molecule has 0 aliphatic carbocycles. The Balaban J connectivity index is 1.34. The summed E-state index contributed by atoms with van der Waals surface area (Å²) in [5.74, 6) is 2.65. The summed E-state index contributed by atoms with van der Waals surface area (Å²) in [6.45, 7) is 5.80. The van der Waals surface area contributed by atoms with E-state index in [1.807, 2.05) is 18.2 Å². The van der Waals surface area contributed by atoms with E-state index in [1.54, 1.807) is 12.0 Å². The van der Waals surface area contributed by atoms with Gasteiger partial charge in [-0.1, -0.05) is 0 Å². The topological polar surface area (TPSA) is 35.4 Å². The summed E-state index contributed by atoms with van der Waals surface area (Å²) >= 11 is 0. The van der Waals surface area contributed by atoms with E-state index in [1.165, 1.54) is 11.3 Å². The van der Waals surface area contributed by atoms with Crippen LogP contribution in [-0.2, 0) is 6.54 Å². The Morgan fingerprint density at radius 3 is 2.50 bits per heavy atom. The van der Waals surface area contributed by atoms with Crippen LogP contribution in [0.4, 0.5) is 5.69 Å². The van der Waals surface area contributed by atoms with Gasteiger partial charge in [-0.2, -0.15) is 0 Å². The molecule has 0 radical (unpaired) electrons. The number of ether oxygens (including phenoxy) is 3. The molecular formula is C19H23N2O3+. The monoisotopic (exact) mass is 327 g/mol. The van der Waals surface area contributed by atoms with Crippen molar-refractivity contribution in [1.82, 2.24) is 0 Å². The van der Waals surface area contributed by atoms with Crippen LogP contribution in [-0.4, -0.2) is 40.1 Å². The van der Waals surface area contributed by atoms with Crippen molar-refractivity contribution in [3.8, 4) is 17.2 Å². The van der Waals surface area contributed by atoms with E-state index in [-0.39, 0.29) is 0 Å². The molecule has 2 aromatic rings. The Bertz CT molecular complexity index is 694. The van der Waals surface area contributed by atoms with Crippen LogP contribution in [0.2, 0.25) is 0 Å². The smallest absolute Gasteiger partial charge is 0.231 e. The fourth-order valence-corrected chi connectivity index (χ4v) is 3.39. The van der Waals surface area contributed by atoms with Gasteiger partial charge in [-0.25, -0.2) is 0 Å². The Labute approximate surface area is 142 Å². The molecule has 0 unspecified atom stereocenters. The molecule has 0 aromatic heterocycles. The minimum atomic E-state index is 0.339. The van der Waals surface area contributed by atoms with Crippen LogP contribution in [0.15, 0.2) is 42.5 Å². The van der Waals surface area contributed by atoms with E-state index in [0.29, 0.717) is 6.79 Å². The predicted molar refractivity (Wildman–Crippen MR) is 92.2 cm³/mol. The Morgan fingerprint density at radius 2 is 1.75 bits per heavy atom. The number of fused-ring (bicyclic) bond motifs is 1. The fraction of sp³-hybridized carbons (Fsp3) is 0.368. The van der Waals surface area contributed by atoms with Crippen LogP contribution in [0.1, 0.15) is 5.56 Å². The van der Waals surface area contributed by atoms with E-state index in [9.17, 15) is 0 Å². The van der Waals surface area contributed by atoms with Gasteiger partial charge in [0, 0.05) is 11.3 Å². The second-order valence-corrected chi connectivity index (χ2v) is 6.30. The maximum atomic E-state index is 5.47. The van der Waals surface area contributed by atoms with Gasteiger partial charge >= 0.3 is 0 Å². The van der Waals surface area contributed by atoms with Gasteiger partial charge in [0.15, 0.2) is 11.5 Å². The largest absolute Gasteiger partial charge is 0.497 e. The molecule has 0 saturated carbocycles. The van der Waals surface area contributed by atoms with E-state index in [0.717, 1.165) is 50.0 Å². The minimum absolute atomic E-state index is 0.339. The summed E-state index contributed by atoms with van der Waals surface area (Å²) in [6, 6.07) is 14.6. The molecule has 0 atom stereocenters. The van der Waals surface area contributed by atoms with Gasteiger partial charge in [0.05, 0.1) is 33.3 Å². The molecule has 126 valence electrons.